The molecule has 0 radical (unpaired) electrons. The van der Waals surface area contributed by atoms with Crippen LogP contribution in [-0.4, -0.2) is 33.5 Å². The zero-order valence-corrected chi connectivity index (χ0v) is 14.5. The molecule has 7 nitrogen and oxygen atoms in total. The number of carbonyl (C=O) groups excluding carboxylic acids is 1. The average molecular weight is 371 g/mol. The van der Waals surface area contributed by atoms with Crippen molar-refractivity contribution in [2.45, 2.75) is 5.75 Å². The van der Waals surface area contributed by atoms with Crippen LogP contribution in [0.1, 0.15) is 15.9 Å². The van der Waals surface area contributed by atoms with Crippen molar-refractivity contribution in [1.29, 1.82) is 0 Å². The van der Waals surface area contributed by atoms with E-state index in [0.29, 0.717) is 17.1 Å². The summed E-state index contributed by atoms with van der Waals surface area (Å²) in [5.74, 6) is -0.434. The van der Waals surface area contributed by atoms with E-state index >= 15 is 0 Å². The zero-order valence-electron chi connectivity index (χ0n) is 12.9. The number of nitrogens with zero attached hydrogens (tertiary/aromatic N) is 1. The van der Waals surface area contributed by atoms with Gasteiger partial charge < -0.3 is 9.47 Å². The van der Waals surface area contributed by atoms with E-state index < -0.39 is 21.7 Å². The monoisotopic (exact) mass is 370 g/mol. The van der Waals surface area contributed by atoms with Crippen molar-refractivity contribution in [2.75, 3.05) is 14.2 Å². The van der Waals surface area contributed by atoms with E-state index in [4.69, 9.17) is 21.1 Å². The van der Waals surface area contributed by atoms with Crippen LogP contribution in [0.5, 0.6) is 11.5 Å². The number of hydrogen-bond acceptors (Lipinski definition) is 6. The van der Waals surface area contributed by atoms with Gasteiger partial charge in [0.15, 0.2) is 0 Å². The lowest BCUT2D eigenvalue weighted by Gasteiger charge is -2.10. The Morgan fingerprint density at radius 1 is 1.17 bits per heavy atom. The van der Waals surface area contributed by atoms with Crippen molar-refractivity contribution < 1.29 is 22.7 Å². The second kappa shape index (κ2) is 7.50. The number of ether oxygens (including phenoxy) is 2. The minimum atomic E-state index is -3.90. The van der Waals surface area contributed by atoms with Gasteiger partial charge in [0, 0.05) is 17.8 Å². The second-order valence-electron chi connectivity index (χ2n) is 4.78. The molecule has 0 aliphatic carbocycles. The summed E-state index contributed by atoms with van der Waals surface area (Å²) in [7, 11) is -1.04. The first-order chi connectivity index (χ1) is 11.3. The Morgan fingerprint density at radius 3 is 2.29 bits per heavy atom. The zero-order chi connectivity index (χ0) is 17.7. The van der Waals surface area contributed by atoms with Gasteiger partial charge in [-0.2, -0.15) is 0 Å². The van der Waals surface area contributed by atoms with E-state index in [-0.39, 0.29) is 10.7 Å². The number of hydrogen-bond donors (Lipinski definition) is 1. The molecule has 2 rings (SSSR count). The molecule has 1 amide bonds. The molecule has 128 valence electrons. The van der Waals surface area contributed by atoms with Gasteiger partial charge >= 0.3 is 0 Å². The van der Waals surface area contributed by atoms with Crippen LogP contribution >= 0.6 is 11.6 Å². The topological polar surface area (TPSA) is 94.6 Å². The first kappa shape index (κ1) is 18.0. The van der Waals surface area contributed by atoms with Crippen LogP contribution in [0.3, 0.4) is 0 Å². The molecule has 1 heterocycles. The smallest absolute Gasteiger partial charge is 0.265 e. The lowest BCUT2D eigenvalue weighted by atomic mass is 10.2. The predicted molar refractivity (Wildman–Crippen MR) is 88.9 cm³/mol. The van der Waals surface area contributed by atoms with Gasteiger partial charge in [0.2, 0.25) is 10.0 Å². The number of methoxy groups -OCH3 is 2. The molecule has 9 heteroatoms. The number of amides is 1. The number of pyridine rings is 1. The number of nitrogens with one attached hydrogen (secondary N) is 1. The molecule has 0 aliphatic rings. The molecule has 1 N–H and O–H groups in total. The molecule has 0 saturated heterocycles. The lowest BCUT2D eigenvalue weighted by Crippen LogP contribution is -2.31. The number of benzene rings is 1. The molecule has 24 heavy (non-hydrogen) atoms. The van der Waals surface area contributed by atoms with Gasteiger partial charge in [0.1, 0.15) is 16.7 Å². The highest BCUT2D eigenvalue weighted by Gasteiger charge is 2.18. The largest absolute Gasteiger partial charge is 0.497 e. The first-order valence-electron chi connectivity index (χ1n) is 6.71. The molecule has 0 atom stereocenters. The van der Waals surface area contributed by atoms with Crippen molar-refractivity contribution >= 4 is 27.5 Å². The van der Waals surface area contributed by atoms with Crippen molar-refractivity contribution in [1.82, 2.24) is 9.71 Å². The summed E-state index contributed by atoms with van der Waals surface area (Å²) < 4.78 is 36.4. The summed E-state index contributed by atoms with van der Waals surface area (Å²) >= 11 is 5.65. The number of sulfonamides is 1. The molecule has 0 aliphatic heterocycles. The Labute approximate surface area is 144 Å². The van der Waals surface area contributed by atoms with Gasteiger partial charge in [-0.25, -0.2) is 18.1 Å². The van der Waals surface area contributed by atoms with Crippen LogP contribution in [0.15, 0.2) is 36.5 Å². The standard InChI is InChI=1S/C15H15ClN2O5S/c1-22-12-5-11(6-13(7-12)23-2)15(19)18-24(20,21)9-10-3-4-14(16)17-8-10/h3-8H,9H2,1-2H3,(H,18,19). The number of aromatic nitrogens is 1. The minimum absolute atomic E-state index is 0.101. The summed E-state index contributed by atoms with van der Waals surface area (Å²) in [5, 5.41) is 0.253. The lowest BCUT2D eigenvalue weighted by molar-refractivity contribution is 0.0980. The van der Waals surface area contributed by atoms with Crippen molar-refractivity contribution in [2.24, 2.45) is 0 Å². The van der Waals surface area contributed by atoms with E-state index in [0.717, 1.165) is 0 Å². The van der Waals surface area contributed by atoms with Crippen LogP contribution in [0.25, 0.3) is 0 Å². The molecule has 0 unspecified atom stereocenters. The highest BCUT2D eigenvalue weighted by atomic mass is 35.5. The van der Waals surface area contributed by atoms with Crippen molar-refractivity contribution in [3.8, 4) is 11.5 Å². The average Bonchev–Trinajstić information content (AvgIpc) is 2.55. The second-order valence-corrected chi connectivity index (χ2v) is 6.89. The first-order valence-corrected chi connectivity index (χ1v) is 8.74. The van der Waals surface area contributed by atoms with Crippen molar-refractivity contribution in [3.05, 3.63) is 52.8 Å². The van der Waals surface area contributed by atoms with Crippen LogP contribution in [0, 0.1) is 0 Å². The molecule has 0 saturated carbocycles. The Bertz CT molecular complexity index is 815. The summed E-state index contributed by atoms with van der Waals surface area (Å²) in [5.41, 5.74) is 0.506. The fraction of sp³-hybridized carbons (Fsp3) is 0.200. The maximum atomic E-state index is 12.2. The Kier molecular flexibility index (Phi) is 5.63. The molecule has 0 bridgehead atoms. The molecule has 2 aromatic rings. The van der Waals surface area contributed by atoms with Crippen molar-refractivity contribution in [3.63, 3.8) is 0 Å². The van der Waals surface area contributed by atoms with E-state index in [1.165, 1.54) is 44.7 Å². The van der Waals surface area contributed by atoms with Crippen LogP contribution < -0.4 is 14.2 Å². The van der Waals surface area contributed by atoms with E-state index in [1.807, 2.05) is 4.72 Å². The predicted octanol–water partition coefficient (Wildman–Crippen LogP) is 2.01. The SMILES string of the molecule is COc1cc(OC)cc(C(=O)NS(=O)(=O)Cc2ccc(Cl)nc2)c1. The number of halogens is 1. The van der Waals surface area contributed by atoms with E-state index in [9.17, 15) is 13.2 Å². The summed E-state index contributed by atoms with van der Waals surface area (Å²) in [6.07, 6.45) is 1.33. The maximum absolute atomic E-state index is 12.2. The third kappa shape index (κ3) is 4.84. The summed E-state index contributed by atoms with van der Waals surface area (Å²) in [6, 6.07) is 7.40. The summed E-state index contributed by atoms with van der Waals surface area (Å²) in [6.45, 7) is 0. The molecule has 1 aromatic carbocycles. The summed E-state index contributed by atoms with van der Waals surface area (Å²) in [4.78, 5) is 16.0. The van der Waals surface area contributed by atoms with Crippen LogP contribution in [-0.2, 0) is 15.8 Å². The van der Waals surface area contributed by atoms with Crippen LogP contribution in [0.4, 0.5) is 0 Å². The Hall–Kier alpha value is -2.32. The van der Waals surface area contributed by atoms with E-state index in [1.54, 1.807) is 6.07 Å². The fourth-order valence-corrected chi connectivity index (χ4v) is 3.08. The van der Waals surface area contributed by atoms with Gasteiger partial charge in [0.05, 0.1) is 20.0 Å². The maximum Gasteiger partial charge on any atom is 0.265 e. The van der Waals surface area contributed by atoms with Gasteiger partial charge in [-0.1, -0.05) is 17.7 Å². The quantitative estimate of drug-likeness (QED) is 0.781. The highest BCUT2D eigenvalue weighted by molar-refractivity contribution is 7.89. The van der Waals surface area contributed by atoms with Gasteiger partial charge in [-0.3, -0.25) is 4.79 Å². The van der Waals surface area contributed by atoms with Gasteiger partial charge in [0.25, 0.3) is 5.91 Å². The van der Waals surface area contributed by atoms with E-state index in [2.05, 4.69) is 4.98 Å². The fourth-order valence-electron chi connectivity index (χ4n) is 1.89. The van der Waals surface area contributed by atoms with Crippen LogP contribution in [0.2, 0.25) is 5.15 Å². The molecular formula is C15H15ClN2O5S. The number of rotatable bonds is 6. The third-order valence-electron chi connectivity index (χ3n) is 3.01. The molecule has 0 fully saturated rings. The third-order valence-corrected chi connectivity index (χ3v) is 4.44. The normalized spacial score (nSPS) is 11.0. The molecular weight excluding hydrogens is 356 g/mol. The Morgan fingerprint density at radius 2 is 1.79 bits per heavy atom. The van der Waals surface area contributed by atoms with Gasteiger partial charge in [-0.15, -0.1) is 0 Å². The number of carbonyl (C=O) groups is 1. The molecule has 1 aromatic heterocycles. The van der Waals surface area contributed by atoms with Gasteiger partial charge in [-0.05, 0) is 23.8 Å². The highest BCUT2D eigenvalue weighted by Crippen LogP contribution is 2.22. The Balaban J connectivity index is 2.17. The molecule has 0 spiro atoms. The minimum Gasteiger partial charge on any atom is -0.497 e.